The fourth-order valence-corrected chi connectivity index (χ4v) is 3.13. The number of benzene rings is 2. The summed E-state index contributed by atoms with van der Waals surface area (Å²) < 4.78 is 0. The van der Waals surface area contributed by atoms with Gasteiger partial charge >= 0.3 is 0 Å². The van der Waals surface area contributed by atoms with Crippen LogP contribution in [0.3, 0.4) is 0 Å². The van der Waals surface area contributed by atoms with Gasteiger partial charge in [-0.1, -0.05) is 29.8 Å². The van der Waals surface area contributed by atoms with E-state index in [0.717, 1.165) is 39.4 Å². The smallest absolute Gasteiger partial charge is 0.248 e. The van der Waals surface area contributed by atoms with E-state index in [1.54, 1.807) is 12.1 Å². The summed E-state index contributed by atoms with van der Waals surface area (Å²) in [7, 11) is 0. The van der Waals surface area contributed by atoms with Gasteiger partial charge in [-0.25, -0.2) is 4.98 Å². The van der Waals surface area contributed by atoms with Crippen LogP contribution in [0, 0.1) is 13.8 Å². The number of nitrogens with one attached hydrogen (secondary N) is 1. The molecule has 0 radical (unpaired) electrons. The summed E-state index contributed by atoms with van der Waals surface area (Å²) in [5.41, 5.74) is 16.6. The normalized spacial score (nSPS) is 10.7. The third-order valence-electron chi connectivity index (χ3n) is 4.70. The van der Waals surface area contributed by atoms with Crippen molar-refractivity contribution < 1.29 is 4.79 Å². The van der Waals surface area contributed by atoms with E-state index in [4.69, 9.17) is 23.1 Å². The molecule has 0 atom stereocenters. The molecule has 2 aromatic carbocycles. The lowest BCUT2D eigenvalue weighted by Crippen LogP contribution is -2.11. The van der Waals surface area contributed by atoms with Crippen LogP contribution in [0.4, 0.5) is 11.8 Å². The molecule has 0 aliphatic carbocycles. The Kier molecular flexibility index (Phi) is 5.80. The monoisotopic (exact) mass is 395 g/mol. The largest absolute Gasteiger partial charge is 0.370 e. The van der Waals surface area contributed by atoms with Crippen molar-refractivity contribution in [3.05, 3.63) is 69.7 Å². The van der Waals surface area contributed by atoms with Crippen LogP contribution in [0.1, 0.15) is 27.0 Å². The number of carbonyl (C=O) groups excluding carboxylic acids is 1. The van der Waals surface area contributed by atoms with E-state index in [9.17, 15) is 4.79 Å². The number of amides is 1. The molecular formula is C21H22ClN5O. The molecule has 3 rings (SSSR count). The summed E-state index contributed by atoms with van der Waals surface area (Å²) in [5, 5.41) is 4.00. The summed E-state index contributed by atoms with van der Waals surface area (Å²) in [4.78, 5) is 19.8. The van der Waals surface area contributed by atoms with Crippen molar-refractivity contribution in [1.82, 2.24) is 9.97 Å². The van der Waals surface area contributed by atoms with Crippen LogP contribution in [0.25, 0.3) is 11.3 Å². The molecule has 0 aliphatic rings. The summed E-state index contributed by atoms with van der Waals surface area (Å²) in [6.45, 7) is 4.65. The highest BCUT2D eigenvalue weighted by molar-refractivity contribution is 6.31. The van der Waals surface area contributed by atoms with Gasteiger partial charge in [0.2, 0.25) is 11.9 Å². The van der Waals surface area contributed by atoms with Crippen molar-refractivity contribution in [2.24, 2.45) is 5.73 Å². The van der Waals surface area contributed by atoms with Crippen molar-refractivity contribution in [2.45, 2.75) is 20.3 Å². The highest BCUT2D eigenvalue weighted by Gasteiger charge is 2.11. The van der Waals surface area contributed by atoms with Gasteiger partial charge in [-0.3, -0.25) is 4.79 Å². The zero-order chi connectivity index (χ0) is 20.3. The van der Waals surface area contributed by atoms with Crippen molar-refractivity contribution in [1.29, 1.82) is 0 Å². The molecule has 1 heterocycles. The van der Waals surface area contributed by atoms with Gasteiger partial charge < -0.3 is 16.8 Å². The molecule has 5 N–H and O–H groups in total. The second-order valence-corrected chi connectivity index (χ2v) is 6.99. The van der Waals surface area contributed by atoms with E-state index in [0.29, 0.717) is 17.9 Å². The van der Waals surface area contributed by atoms with Gasteiger partial charge in [-0.05, 0) is 55.2 Å². The first kappa shape index (κ1) is 19.6. The second kappa shape index (κ2) is 8.27. The molecule has 7 heteroatoms. The maximum absolute atomic E-state index is 11.1. The van der Waals surface area contributed by atoms with E-state index in [1.807, 2.05) is 44.2 Å². The van der Waals surface area contributed by atoms with E-state index in [2.05, 4.69) is 15.3 Å². The lowest BCUT2D eigenvalue weighted by molar-refractivity contribution is 0.100. The number of hydrogen-bond acceptors (Lipinski definition) is 5. The summed E-state index contributed by atoms with van der Waals surface area (Å²) in [6, 6.07) is 12.9. The Labute approximate surface area is 169 Å². The first-order chi connectivity index (χ1) is 13.3. The molecule has 1 aromatic heterocycles. The third-order valence-corrected chi connectivity index (χ3v) is 5.11. The molecule has 0 saturated carbocycles. The summed E-state index contributed by atoms with van der Waals surface area (Å²) >= 11 is 6.19. The van der Waals surface area contributed by atoms with Crippen molar-refractivity contribution in [3.8, 4) is 11.3 Å². The third kappa shape index (κ3) is 4.40. The minimum Gasteiger partial charge on any atom is -0.370 e. The number of rotatable bonds is 6. The molecule has 0 bridgehead atoms. The van der Waals surface area contributed by atoms with Gasteiger partial charge in [-0.15, -0.1) is 0 Å². The standard InChI is InChI=1S/C21H22ClN5O/c1-12-13(2)17(22)8-7-16(12)18-11-19(27-21(24)26-18)25-10-9-14-3-5-15(6-4-14)20(23)28/h3-8,11H,9-10H2,1-2H3,(H2,23,28)(H3,24,25,26,27). The number of anilines is 2. The minimum absolute atomic E-state index is 0.206. The van der Waals surface area contributed by atoms with Crippen LogP contribution in [-0.4, -0.2) is 22.4 Å². The van der Waals surface area contributed by atoms with Crippen LogP contribution in [-0.2, 0) is 6.42 Å². The van der Waals surface area contributed by atoms with E-state index in [1.165, 1.54) is 0 Å². The van der Waals surface area contributed by atoms with E-state index >= 15 is 0 Å². The van der Waals surface area contributed by atoms with Crippen LogP contribution in [0.15, 0.2) is 42.5 Å². The second-order valence-electron chi connectivity index (χ2n) is 6.58. The first-order valence-corrected chi connectivity index (χ1v) is 9.26. The molecule has 1 amide bonds. The first-order valence-electron chi connectivity index (χ1n) is 8.88. The van der Waals surface area contributed by atoms with E-state index < -0.39 is 5.91 Å². The summed E-state index contributed by atoms with van der Waals surface area (Å²) in [6.07, 6.45) is 0.761. The number of carbonyl (C=O) groups is 1. The van der Waals surface area contributed by atoms with Crippen molar-refractivity contribution >= 4 is 29.3 Å². The molecule has 6 nitrogen and oxygen atoms in total. The Hall–Kier alpha value is -3.12. The maximum atomic E-state index is 11.1. The molecule has 0 saturated heterocycles. The number of nitrogens with zero attached hydrogens (tertiary/aromatic N) is 2. The molecule has 0 fully saturated rings. The van der Waals surface area contributed by atoms with Crippen molar-refractivity contribution in [3.63, 3.8) is 0 Å². The average molecular weight is 396 g/mol. The minimum atomic E-state index is -0.429. The number of halogens is 1. The zero-order valence-corrected chi connectivity index (χ0v) is 16.5. The number of aromatic nitrogens is 2. The number of nitrogen functional groups attached to an aromatic ring is 1. The average Bonchev–Trinajstić information content (AvgIpc) is 2.66. The van der Waals surface area contributed by atoms with Gasteiger partial charge in [0.25, 0.3) is 0 Å². The number of hydrogen-bond donors (Lipinski definition) is 3. The SMILES string of the molecule is Cc1c(Cl)ccc(-c2cc(NCCc3ccc(C(N)=O)cc3)nc(N)n2)c1C. The highest BCUT2D eigenvalue weighted by atomic mass is 35.5. The molecule has 144 valence electrons. The number of primary amides is 1. The topological polar surface area (TPSA) is 107 Å². The quantitative estimate of drug-likeness (QED) is 0.589. The predicted molar refractivity (Wildman–Crippen MR) is 114 cm³/mol. The molecule has 0 aliphatic heterocycles. The fraction of sp³-hybridized carbons (Fsp3) is 0.190. The maximum Gasteiger partial charge on any atom is 0.248 e. The Morgan fingerprint density at radius 1 is 1.07 bits per heavy atom. The number of nitrogens with two attached hydrogens (primary N) is 2. The summed E-state index contributed by atoms with van der Waals surface area (Å²) in [5.74, 6) is 0.433. The molecule has 3 aromatic rings. The molecule has 0 spiro atoms. The Balaban J connectivity index is 1.73. The van der Waals surface area contributed by atoms with Gasteiger partial charge in [0.1, 0.15) is 5.82 Å². The van der Waals surface area contributed by atoms with Crippen LogP contribution >= 0.6 is 11.6 Å². The lowest BCUT2D eigenvalue weighted by atomic mass is 10.0. The van der Waals surface area contributed by atoms with Crippen molar-refractivity contribution in [2.75, 3.05) is 17.6 Å². The Morgan fingerprint density at radius 3 is 2.46 bits per heavy atom. The molecule has 28 heavy (non-hydrogen) atoms. The van der Waals surface area contributed by atoms with Gasteiger partial charge in [0.05, 0.1) is 5.69 Å². The van der Waals surface area contributed by atoms with Gasteiger partial charge in [0.15, 0.2) is 0 Å². The van der Waals surface area contributed by atoms with Gasteiger partial charge in [-0.2, -0.15) is 4.98 Å². The lowest BCUT2D eigenvalue weighted by Gasteiger charge is -2.12. The Morgan fingerprint density at radius 2 is 1.79 bits per heavy atom. The zero-order valence-electron chi connectivity index (χ0n) is 15.8. The Bertz CT molecular complexity index is 1020. The van der Waals surface area contributed by atoms with Crippen LogP contribution in [0.5, 0.6) is 0 Å². The highest BCUT2D eigenvalue weighted by Crippen LogP contribution is 2.30. The predicted octanol–water partition coefficient (Wildman–Crippen LogP) is 3.75. The molecule has 0 unspecified atom stereocenters. The fourth-order valence-electron chi connectivity index (χ4n) is 2.93. The van der Waals surface area contributed by atoms with Crippen LogP contribution < -0.4 is 16.8 Å². The van der Waals surface area contributed by atoms with E-state index in [-0.39, 0.29) is 5.95 Å². The van der Waals surface area contributed by atoms with Crippen LogP contribution in [0.2, 0.25) is 5.02 Å². The van der Waals surface area contributed by atoms with Gasteiger partial charge in [0, 0.05) is 28.8 Å². The molecular weight excluding hydrogens is 374 g/mol.